The highest BCUT2D eigenvalue weighted by atomic mass is 35.5. The number of phenolic OH excluding ortho intramolecular Hbond substituents is 1. The topological polar surface area (TPSA) is 40.5 Å². The Balaban J connectivity index is 2.33. The van der Waals surface area contributed by atoms with Gasteiger partial charge < -0.3 is 10.0 Å². The van der Waals surface area contributed by atoms with E-state index in [1.54, 1.807) is 30.0 Å². The molecule has 0 saturated carbocycles. The molecule has 1 aromatic carbocycles. The highest BCUT2D eigenvalue weighted by Gasteiger charge is 2.31. The minimum absolute atomic E-state index is 0.137. The van der Waals surface area contributed by atoms with E-state index >= 15 is 0 Å². The second kappa shape index (κ2) is 6.06. The second-order valence-corrected chi connectivity index (χ2v) is 6.74. The average molecular weight is 300 g/mol. The fourth-order valence-corrected chi connectivity index (χ4v) is 3.64. The summed E-state index contributed by atoms with van der Waals surface area (Å²) in [6, 6.07) is 4.99. The third kappa shape index (κ3) is 3.37. The second-order valence-electron chi connectivity index (χ2n) is 5.12. The normalized spacial score (nSPS) is 20.1. The number of benzene rings is 1. The third-order valence-corrected chi connectivity index (χ3v) is 4.51. The van der Waals surface area contributed by atoms with E-state index in [1.807, 2.05) is 4.90 Å². The average Bonchev–Trinajstić information content (AvgIpc) is 2.34. The zero-order chi connectivity index (χ0) is 14.0. The summed E-state index contributed by atoms with van der Waals surface area (Å²) in [4.78, 5) is 14.0. The number of hydrogen-bond acceptors (Lipinski definition) is 3. The van der Waals surface area contributed by atoms with Crippen LogP contribution in [0.4, 0.5) is 0 Å². The van der Waals surface area contributed by atoms with E-state index in [2.05, 4.69) is 13.8 Å². The molecule has 5 heteroatoms. The molecule has 0 spiro atoms. The van der Waals surface area contributed by atoms with Crippen LogP contribution in [-0.2, 0) is 4.79 Å². The van der Waals surface area contributed by atoms with Crippen molar-refractivity contribution in [3.05, 3.63) is 28.8 Å². The van der Waals surface area contributed by atoms with Crippen LogP contribution in [0.5, 0.6) is 5.75 Å². The van der Waals surface area contributed by atoms with Crippen LogP contribution in [0, 0.1) is 5.92 Å². The predicted molar refractivity (Wildman–Crippen MR) is 79.5 cm³/mol. The van der Waals surface area contributed by atoms with Crippen molar-refractivity contribution >= 4 is 29.3 Å². The van der Waals surface area contributed by atoms with Gasteiger partial charge in [0.25, 0.3) is 0 Å². The van der Waals surface area contributed by atoms with Gasteiger partial charge in [-0.15, -0.1) is 11.8 Å². The van der Waals surface area contributed by atoms with Gasteiger partial charge in [-0.1, -0.05) is 25.4 Å². The number of halogens is 1. The number of amides is 1. The van der Waals surface area contributed by atoms with Crippen LogP contribution in [-0.4, -0.2) is 28.2 Å². The van der Waals surface area contributed by atoms with Gasteiger partial charge in [0.05, 0.1) is 0 Å². The summed E-state index contributed by atoms with van der Waals surface area (Å²) < 4.78 is 0. The number of aromatic hydroxyl groups is 1. The maximum absolute atomic E-state index is 12.1. The molecule has 1 aromatic rings. The van der Waals surface area contributed by atoms with Crippen LogP contribution in [0.1, 0.15) is 31.2 Å². The predicted octanol–water partition coefficient (Wildman–Crippen LogP) is 3.67. The van der Waals surface area contributed by atoms with Gasteiger partial charge in [0, 0.05) is 29.3 Å². The van der Waals surface area contributed by atoms with Crippen LogP contribution in [0.3, 0.4) is 0 Å². The van der Waals surface area contributed by atoms with Crippen molar-refractivity contribution in [3.63, 3.8) is 0 Å². The van der Waals surface area contributed by atoms with Gasteiger partial charge in [-0.25, -0.2) is 0 Å². The lowest BCUT2D eigenvalue weighted by atomic mass is 10.1. The Bertz CT molecular complexity index is 479. The van der Waals surface area contributed by atoms with Gasteiger partial charge >= 0.3 is 0 Å². The molecule has 1 unspecified atom stereocenters. The minimum Gasteiger partial charge on any atom is -0.508 e. The first-order chi connectivity index (χ1) is 8.99. The summed E-state index contributed by atoms with van der Waals surface area (Å²) >= 11 is 7.68. The molecule has 0 aliphatic carbocycles. The molecule has 1 saturated heterocycles. The molecule has 19 heavy (non-hydrogen) atoms. The number of carbonyl (C=O) groups is 1. The van der Waals surface area contributed by atoms with Crippen LogP contribution < -0.4 is 0 Å². The number of rotatable bonds is 3. The maximum atomic E-state index is 12.1. The number of phenols is 1. The van der Waals surface area contributed by atoms with Crippen molar-refractivity contribution in [2.45, 2.75) is 25.6 Å². The zero-order valence-corrected chi connectivity index (χ0v) is 12.7. The molecule has 0 radical (unpaired) electrons. The van der Waals surface area contributed by atoms with Crippen molar-refractivity contribution in [1.29, 1.82) is 0 Å². The van der Waals surface area contributed by atoms with Gasteiger partial charge in [0.1, 0.15) is 11.1 Å². The molecule has 1 aliphatic rings. The molecule has 2 rings (SSSR count). The Morgan fingerprint density at radius 1 is 1.53 bits per heavy atom. The van der Waals surface area contributed by atoms with Gasteiger partial charge in [-0.2, -0.15) is 0 Å². The summed E-state index contributed by atoms with van der Waals surface area (Å²) in [5.74, 6) is 1.53. The van der Waals surface area contributed by atoms with Crippen molar-refractivity contribution < 1.29 is 9.90 Å². The molecule has 1 heterocycles. The Hall–Kier alpha value is -0.870. The monoisotopic (exact) mass is 299 g/mol. The Labute approximate surface area is 122 Å². The molecular weight excluding hydrogens is 282 g/mol. The lowest BCUT2D eigenvalue weighted by molar-refractivity contribution is -0.132. The minimum atomic E-state index is -0.137. The first kappa shape index (κ1) is 14.5. The van der Waals surface area contributed by atoms with Gasteiger partial charge in [-0.05, 0) is 24.1 Å². The van der Waals surface area contributed by atoms with Crippen LogP contribution in [0.15, 0.2) is 18.2 Å². The van der Waals surface area contributed by atoms with E-state index in [1.165, 1.54) is 0 Å². The lowest BCUT2D eigenvalue weighted by Gasteiger charge is -2.36. The van der Waals surface area contributed by atoms with Gasteiger partial charge in [0.15, 0.2) is 0 Å². The molecular formula is C14H18ClNO2S. The van der Waals surface area contributed by atoms with Crippen LogP contribution in [0.25, 0.3) is 0 Å². The van der Waals surface area contributed by atoms with Gasteiger partial charge in [-0.3, -0.25) is 4.79 Å². The summed E-state index contributed by atoms with van der Waals surface area (Å²) in [5.41, 5.74) is 0.728. The molecule has 1 fully saturated rings. The Morgan fingerprint density at radius 2 is 2.26 bits per heavy atom. The highest BCUT2D eigenvalue weighted by molar-refractivity contribution is 7.99. The van der Waals surface area contributed by atoms with E-state index in [4.69, 9.17) is 11.6 Å². The molecule has 1 N–H and O–H groups in total. The van der Waals surface area contributed by atoms with E-state index in [0.717, 1.165) is 11.3 Å². The maximum Gasteiger partial charge on any atom is 0.224 e. The third-order valence-electron chi connectivity index (χ3n) is 3.01. The van der Waals surface area contributed by atoms with Gasteiger partial charge in [0.2, 0.25) is 5.91 Å². The fourth-order valence-electron chi connectivity index (χ4n) is 2.19. The quantitative estimate of drug-likeness (QED) is 0.926. The van der Waals surface area contributed by atoms with E-state index in [-0.39, 0.29) is 17.0 Å². The Morgan fingerprint density at radius 3 is 2.95 bits per heavy atom. The van der Waals surface area contributed by atoms with E-state index < -0.39 is 0 Å². The first-order valence-corrected chi connectivity index (χ1v) is 7.81. The van der Waals surface area contributed by atoms with Crippen molar-refractivity contribution in [2.24, 2.45) is 5.92 Å². The molecule has 1 aliphatic heterocycles. The van der Waals surface area contributed by atoms with Crippen LogP contribution in [0.2, 0.25) is 5.02 Å². The lowest BCUT2D eigenvalue weighted by Crippen LogP contribution is -2.39. The van der Waals surface area contributed by atoms with Crippen molar-refractivity contribution in [3.8, 4) is 5.75 Å². The summed E-state index contributed by atoms with van der Waals surface area (Å²) in [6.07, 6.45) is 0.565. The highest BCUT2D eigenvalue weighted by Crippen LogP contribution is 2.42. The fraction of sp³-hybridized carbons (Fsp3) is 0.500. The zero-order valence-electron chi connectivity index (χ0n) is 11.1. The molecule has 3 nitrogen and oxygen atoms in total. The number of nitrogens with zero attached hydrogens (tertiary/aromatic N) is 1. The largest absolute Gasteiger partial charge is 0.508 e. The molecule has 1 amide bonds. The van der Waals surface area contributed by atoms with E-state index in [0.29, 0.717) is 23.9 Å². The first-order valence-electron chi connectivity index (χ1n) is 6.38. The number of thioether (sulfide) groups is 1. The van der Waals surface area contributed by atoms with Crippen molar-refractivity contribution in [2.75, 3.05) is 12.3 Å². The Kier molecular flexibility index (Phi) is 4.63. The summed E-state index contributed by atoms with van der Waals surface area (Å²) in [7, 11) is 0. The smallest absolute Gasteiger partial charge is 0.224 e. The van der Waals surface area contributed by atoms with Crippen LogP contribution >= 0.6 is 23.4 Å². The van der Waals surface area contributed by atoms with Crippen molar-refractivity contribution in [1.82, 2.24) is 4.90 Å². The van der Waals surface area contributed by atoms with E-state index in [9.17, 15) is 9.90 Å². The molecule has 1 atom stereocenters. The standard InChI is InChI=1S/C14H18ClNO2S/c1-9(2)8-16-13(18)5-6-19-14(16)11-7-10(15)3-4-12(11)17/h3-4,7,9,14,17H,5-6,8H2,1-2H3. The number of carbonyl (C=O) groups excluding carboxylic acids is 1. The molecule has 0 bridgehead atoms. The summed E-state index contributed by atoms with van der Waals surface area (Å²) in [5, 5.41) is 10.5. The molecule has 104 valence electrons. The summed E-state index contributed by atoms with van der Waals surface area (Å²) in [6.45, 7) is 4.87. The number of hydrogen-bond donors (Lipinski definition) is 1. The SMILES string of the molecule is CC(C)CN1C(=O)CCSC1c1cc(Cl)ccc1O. The molecule has 0 aromatic heterocycles.